The van der Waals surface area contributed by atoms with Crippen molar-refractivity contribution in [1.29, 1.82) is 0 Å². The van der Waals surface area contributed by atoms with Crippen LogP contribution in [0, 0.1) is 5.92 Å². The van der Waals surface area contributed by atoms with Crippen molar-refractivity contribution in [1.82, 2.24) is 4.90 Å². The molecule has 0 saturated carbocycles. The van der Waals surface area contributed by atoms with E-state index in [-0.39, 0.29) is 16.7 Å². The Morgan fingerprint density at radius 3 is 2.40 bits per heavy atom. The molecule has 1 fully saturated rings. The van der Waals surface area contributed by atoms with Crippen LogP contribution in [0.4, 0.5) is 4.79 Å². The third-order valence-corrected chi connectivity index (χ3v) is 3.77. The van der Waals surface area contributed by atoms with Gasteiger partial charge in [0.1, 0.15) is 4.83 Å². The van der Waals surface area contributed by atoms with Gasteiger partial charge in [0.15, 0.2) is 0 Å². The zero-order chi connectivity index (χ0) is 11.4. The van der Waals surface area contributed by atoms with E-state index < -0.39 is 6.09 Å². The lowest BCUT2D eigenvalue weighted by atomic mass is 9.94. The van der Waals surface area contributed by atoms with Gasteiger partial charge in [0.05, 0.1) is 7.11 Å². The molecular formula is C9H14BrNO4. The fraction of sp³-hybridized carbons (Fsp3) is 0.778. The summed E-state index contributed by atoms with van der Waals surface area (Å²) in [4.78, 5) is 22.9. The molecule has 0 spiro atoms. The van der Waals surface area contributed by atoms with Gasteiger partial charge in [-0.25, -0.2) is 4.79 Å². The molecule has 6 heteroatoms. The summed E-state index contributed by atoms with van der Waals surface area (Å²) < 4.78 is 4.62. The van der Waals surface area contributed by atoms with E-state index in [0.29, 0.717) is 25.9 Å². The second-order valence-corrected chi connectivity index (χ2v) is 4.52. The number of halogens is 1. The van der Waals surface area contributed by atoms with Crippen LogP contribution in [0.25, 0.3) is 0 Å². The van der Waals surface area contributed by atoms with Crippen LogP contribution in [0.1, 0.15) is 12.8 Å². The normalized spacial score (nSPS) is 19.7. The lowest BCUT2D eigenvalue weighted by Crippen LogP contribution is -2.41. The third kappa shape index (κ3) is 3.09. The number of hydrogen-bond donors (Lipinski definition) is 1. The number of esters is 1. The molecule has 1 atom stereocenters. The van der Waals surface area contributed by atoms with Gasteiger partial charge in [0.2, 0.25) is 0 Å². The largest absolute Gasteiger partial charge is 0.468 e. The Labute approximate surface area is 96.5 Å². The Bertz CT molecular complexity index is 250. The van der Waals surface area contributed by atoms with Crippen LogP contribution in [0.5, 0.6) is 0 Å². The molecule has 5 nitrogen and oxygen atoms in total. The van der Waals surface area contributed by atoms with E-state index in [1.165, 1.54) is 12.0 Å². The fourth-order valence-corrected chi connectivity index (χ4v) is 2.40. The first-order chi connectivity index (χ1) is 7.06. The first-order valence-electron chi connectivity index (χ1n) is 4.76. The summed E-state index contributed by atoms with van der Waals surface area (Å²) in [5.74, 6) is -0.128. The number of carbonyl (C=O) groups excluding carboxylic acids is 1. The second-order valence-electron chi connectivity index (χ2n) is 3.53. The minimum atomic E-state index is -0.891. The maximum atomic E-state index is 11.2. The summed E-state index contributed by atoms with van der Waals surface area (Å²) in [6, 6.07) is 0. The molecule has 86 valence electrons. The van der Waals surface area contributed by atoms with Crippen LogP contribution in [-0.2, 0) is 9.53 Å². The van der Waals surface area contributed by atoms with Crippen LogP contribution in [0.2, 0.25) is 0 Å². The highest BCUT2D eigenvalue weighted by molar-refractivity contribution is 9.10. The van der Waals surface area contributed by atoms with Crippen molar-refractivity contribution in [3.05, 3.63) is 0 Å². The molecule has 0 aliphatic carbocycles. The molecule has 1 amide bonds. The van der Waals surface area contributed by atoms with Crippen molar-refractivity contribution in [3.63, 3.8) is 0 Å². The second kappa shape index (κ2) is 5.34. The van der Waals surface area contributed by atoms with E-state index in [4.69, 9.17) is 5.11 Å². The van der Waals surface area contributed by atoms with Gasteiger partial charge in [0.25, 0.3) is 0 Å². The van der Waals surface area contributed by atoms with E-state index in [0.717, 1.165) is 0 Å². The molecule has 1 aliphatic rings. The van der Waals surface area contributed by atoms with E-state index in [9.17, 15) is 9.59 Å². The summed E-state index contributed by atoms with van der Waals surface area (Å²) in [5.41, 5.74) is 0. The number of methoxy groups -OCH3 is 1. The number of likely N-dealkylation sites (tertiary alicyclic amines) is 1. The first-order valence-corrected chi connectivity index (χ1v) is 5.67. The van der Waals surface area contributed by atoms with Gasteiger partial charge >= 0.3 is 12.1 Å². The number of carboxylic acid groups (broad SMARTS) is 1. The fourth-order valence-electron chi connectivity index (χ4n) is 1.69. The maximum Gasteiger partial charge on any atom is 0.407 e. The zero-order valence-electron chi connectivity index (χ0n) is 8.48. The summed E-state index contributed by atoms with van der Waals surface area (Å²) in [7, 11) is 1.35. The van der Waals surface area contributed by atoms with Gasteiger partial charge in [-0.15, -0.1) is 0 Å². The van der Waals surface area contributed by atoms with Gasteiger partial charge in [-0.3, -0.25) is 4.79 Å². The number of piperidine rings is 1. The van der Waals surface area contributed by atoms with Gasteiger partial charge in [-0.05, 0) is 18.8 Å². The average Bonchev–Trinajstić information content (AvgIpc) is 2.27. The Balaban J connectivity index is 2.43. The minimum Gasteiger partial charge on any atom is -0.468 e. The Morgan fingerprint density at radius 1 is 1.47 bits per heavy atom. The Hall–Kier alpha value is -0.780. The number of hydrogen-bond acceptors (Lipinski definition) is 3. The highest BCUT2D eigenvalue weighted by atomic mass is 79.9. The molecule has 0 aromatic rings. The van der Waals surface area contributed by atoms with Crippen molar-refractivity contribution in [2.45, 2.75) is 17.7 Å². The topological polar surface area (TPSA) is 66.8 Å². The summed E-state index contributed by atoms with van der Waals surface area (Å²) in [5, 5.41) is 8.74. The van der Waals surface area contributed by atoms with E-state index in [1.54, 1.807) is 0 Å². The third-order valence-electron chi connectivity index (χ3n) is 2.65. The van der Waals surface area contributed by atoms with E-state index in [1.807, 2.05) is 0 Å². The van der Waals surface area contributed by atoms with Crippen LogP contribution >= 0.6 is 15.9 Å². The molecule has 1 unspecified atom stereocenters. The lowest BCUT2D eigenvalue weighted by Gasteiger charge is -2.31. The van der Waals surface area contributed by atoms with Crippen LogP contribution in [0.15, 0.2) is 0 Å². The number of amides is 1. The number of nitrogens with zero attached hydrogens (tertiary/aromatic N) is 1. The van der Waals surface area contributed by atoms with Crippen molar-refractivity contribution < 1.29 is 19.4 Å². The predicted molar refractivity (Wildman–Crippen MR) is 57.1 cm³/mol. The molecule has 1 rings (SSSR count). The standard InChI is InChI=1S/C9H14BrNO4/c1-15-8(12)7(10)6-2-4-11(5-3-6)9(13)14/h6-7H,2-5H2,1H3,(H,13,14). The molecule has 1 aliphatic heterocycles. The summed E-state index contributed by atoms with van der Waals surface area (Å²) >= 11 is 3.28. The molecule has 0 aromatic heterocycles. The zero-order valence-corrected chi connectivity index (χ0v) is 10.1. The van der Waals surface area contributed by atoms with Crippen molar-refractivity contribution in [2.24, 2.45) is 5.92 Å². The molecule has 0 radical (unpaired) electrons. The molecule has 1 heterocycles. The number of rotatable bonds is 2. The van der Waals surface area contributed by atoms with Crippen LogP contribution < -0.4 is 0 Å². The molecule has 1 N–H and O–H groups in total. The molecule has 0 bridgehead atoms. The summed E-state index contributed by atoms with van der Waals surface area (Å²) in [6.45, 7) is 0.970. The van der Waals surface area contributed by atoms with Gasteiger partial charge in [-0.2, -0.15) is 0 Å². The maximum absolute atomic E-state index is 11.2. The Morgan fingerprint density at radius 2 is 2.00 bits per heavy atom. The van der Waals surface area contributed by atoms with Crippen molar-refractivity contribution in [3.8, 4) is 0 Å². The number of carbonyl (C=O) groups is 2. The monoisotopic (exact) mass is 279 g/mol. The molecule has 1 saturated heterocycles. The first kappa shape index (κ1) is 12.3. The highest BCUT2D eigenvalue weighted by Gasteiger charge is 2.31. The molecule has 15 heavy (non-hydrogen) atoms. The number of alkyl halides is 1. The van der Waals surface area contributed by atoms with Crippen molar-refractivity contribution in [2.75, 3.05) is 20.2 Å². The quantitative estimate of drug-likeness (QED) is 0.612. The Kier molecular flexibility index (Phi) is 4.38. The predicted octanol–water partition coefficient (Wildman–Crippen LogP) is 1.31. The number of ether oxygens (including phenoxy) is 1. The van der Waals surface area contributed by atoms with E-state index in [2.05, 4.69) is 20.7 Å². The van der Waals surface area contributed by atoms with Gasteiger partial charge < -0.3 is 14.7 Å². The van der Waals surface area contributed by atoms with Crippen molar-refractivity contribution >= 4 is 28.0 Å². The lowest BCUT2D eigenvalue weighted by molar-refractivity contribution is -0.141. The van der Waals surface area contributed by atoms with E-state index >= 15 is 0 Å². The van der Waals surface area contributed by atoms with Crippen LogP contribution in [0.3, 0.4) is 0 Å². The molecular weight excluding hydrogens is 266 g/mol. The smallest absolute Gasteiger partial charge is 0.407 e. The minimum absolute atomic E-state index is 0.160. The van der Waals surface area contributed by atoms with Gasteiger partial charge in [0, 0.05) is 13.1 Å². The van der Waals surface area contributed by atoms with Crippen LogP contribution in [-0.4, -0.2) is 47.1 Å². The summed E-state index contributed by atoms with van der Waals surface area (Å²) in [6.07, 6.45) is 0.492. The highest BCUT2D eigenvalue weighted by Crippen LogP contribution is 2.26. The average molecular weight is 280 g/mol. The van der Waals surface area contributed by atoms with Gasteiger partial charge in [-0.1, -0.05) is 15.9 Å². The molecule has 0 aromatic carbocycles. The SMILES string of the molecule is COC(=O)C(Br)C1CCN(C(=O)O)CC1.